The van der Waals surface area contributed by atoms with Gasteiger partial charge in [-0.1, -0.05) is 6.92 Å². The highest BCUT2D eigenvalue weighted by atomic mass is 19.4. The van der Waals surface area contributed by atoms with Crippen LogP contribution in [0.5, 0.6) is 5.75 Å². The molecule has 11 heteroatoms. The molecule has 1 fully saturated rings. The van der Waals surface area contributed by atoms with E-state index >= 15 is 13.2 Å². The fraction of sp³-hybridized carbons (Fsp3) is 0.455. The summed E-state index contributed by atoms with van der Waals surface area (Å²) >= 11 is 0. The van der Waals surface area contributed by atoms with Crippen LogP contribution in [0.1, 0.15) is 90.7 Å². The third-order valence-corrected chi connectivity index (χ3v) is 9.11. The number of aryl methyl sites for hydroxylation is 1. The van der Waals surface area contributed by atoms with Gasteiger partial charge < -0.3 is 4.74 Å². The van der Waals surface area contributed by atoms with Crippen molar-refractivity contribution in [2.45, 2.75) is 89.3 Å². The molecule has 5 rings (SSSR count). The van der Waals surface area contributed by atoms with Crippen molar-refractivity contribution in [3.63, 3.8) is 0 Å². The fourth-order valence-electron chi connectivity index (χ4n) is 6.78. The first kappa shape index (κ1) is 32.2. The first-order chi connectivity index (χ1) is 20.8. The quantitative estimate of drug-likeness (QED) is 0.186. The second kappa shape index (κ2) is 12.6. The summed E-state index contributed by atoms with van der Waals surface area (Å²) in [5.41, 5.74) is 0.216. The molecule has 3 aromatic carbocycles. The number of hydrogen-bond donors (Lipinski definition) is 0. The summed E-state index contributed by atoms with van der Waals surface area (Å²) in [5, 5.41) is 0. The minimum Gasteiger partial charge on any atom is -0.399 e. The minimum absolute atomic E-state index is 0.0312. The molecule has 2 aliphatic carbocycles. The Labute approximate surface area is 248 Å². The maximum absolute atomic E-state index is 15.7. The van der Waals surface area contributed by atoms with E-state index in [9.17, 15) is 30.7 Å². The smallest absolute Gasteiger partial charge is 0.399 e. The van der Waals surface area contributed by atoms with Gasteiger partial charge in [-0.15, -0.1) is 13.2 Å². The Morgan fingerprint density at radius 3 is 1.86 bits per heavy atom. The molecule has 0 heterocycles. The highest BCUT2D eigenvalue weighted by molar-refractivity contribution is 5.41. The van der Waals surface area contributed by atoms with Crippen molar-refractivity contribution in [3.05, 3.63) is 98.4 Å². The summed E-state index contributed by atoms with van der Waals surface area (Å²) in [6.45, 7) is 1.78. The van der Waals surface area contributed by atoms with Crippen LogP contribution in [0.25, 0.3) is 0 Å². The lowest BCUT2D eigenvalue weighted by Crippen LogP contribution is -2.23. The number of alkyl halides is 3. The normalized spacial score (nSPS) is 20.5. The van der Waals surface area contributed by atoms with E-state index in [0.717, 1.165) is 12.1 Å². The zero-order chi connectivity index (χ0) is 31.9. The lowest BCUT2D eigenvalue weighted by atomic mass is 9.73. The molecule has 1 nitrogen and oxygen atoms in total. The van der Waals surface area contributed by atoms with E-state index in [0.29, 0.717) is 24.8 Å². The average molecular weight is 633 g/mol. The predicted molar refractivity (Wildman–Crippen MR) is 143 cm³/mol. The highest BCUT2D eigenvalue weighted by Crippen LogP contribution is 2.45. The summed E-state index contributed by atoms with van der Waals surface area (Å²) in [5.74, 6) is -10.6. The number of rotatable bonds is 7. The third-order valence-electron chi connectivity index (χ3n) is 9.11. The molecule has 0 saturated heterocycles. The Morgan fingerprint density at radius 2 is 1.30 bits per heavy atom. The molecule has 0 aliphatic heterocycles. The lowest BCUT2D eigenvalue weighted by Gasteiger charge is -2.32. The largest absolute Gasteiger partial charge is 0.573 e. The molecular weight excluding hydrogens is 602 g/mol. The van der Waals surface area contributed by atoms with Crippen molar-refractivity contribution in [3.8, 4) is 5.75 Å². The van der Waals surface area contributed by atoms with Gasteiger partial charge in [0.1, 0.15) is 17.5 Å². The van der Waals surface area contributed by atoms with Gasteiger partial charge in [-0.25, -0.2) is 30.7 Å². The van der Waals surface area contributed by atoms with E-state index in [1.165, 1.54) is 12.1 Å². The number of fused-ring (bicyclic) bond motifs is 1. The molecule has 1 saturated carbocycles. The number of hydrogen-bond acceptors (Lipinski definition) is 1. The second-order valence-corrected chi connectivity index (χ2v) is 11.8. The van der Waals surface area contributed by atoms with Crippen molar-refractivity contribution in [2.24, 2.45) is 5.92 Å². The molecule has 2 aliphatic rings. The summed E-state index contributed by atoms with van der Waals surface area (Å²) in [6.07, 6.45) is -3.05. The predicted octanol–water partition coefficient (Wildman–Crippen LogP) is 10.3. The van der Waals surface area contributed by atoms with E-state index in [4.69, 9.17) is 0 Å². The van der Waals surface area contributed by atoms with Crippen LogP contribution in [-0.2, 0) is 25.7 Å². The van der Waals surface area contributed by atoms with Gasteiger partial charge in [0, 0.05) is 11.1 Å². The summed E-state index contributed by atoms with van der Waals surface area (Å²) in [7, 11) is 0. The van der Waals surface area contributed by atoms with Crippen molar-refractivity contribution < 1.29 is 48.6 Å². The molecule has 0 radical (unpaired) electrons. The molecule has 0 N–H and O–H groups in total. The van der Waals surface area contributed by atoms with Gasteiger partial charge in [0.2, 0.25) is 5.75 Å². The van der Waals surface area contributed by atoms with E-state index in [1.54, 1.807) is 6.92 Å². The van der Waals surface area contributed by atoms with Gasteiger partial charge in [-0.3, -0.25) is 0 Å². The number of benzene rings is 3. The standard InChI is InChI=1S/C33H30F10O/c1-2-16-12-24(34)22(25(35)13-16)10-4-17-3-9-21-23(11-17)30(39)31(40)28(29(21)38)19-7-5-18(6-8-19)20-14-26(36)32(27(37)15-20)44-33(41,42)43/h12-15,17-19H,2-11H2,1H3. The molecular formula is C33H30F10O. The van der Waals surface area contributed by atoms with Crippen molar-refractivity contribution >= 4 is 0 Å². The molecule has 1 unspecified atom stereocenters. The van der Waals surface area contributed by atoms with Crippen molar-refractivity contribution in [1.29, 1.82) is 0 Å². The highest BCUT2D eigenvalue weighted by Gasteiger charge is 2.37. The Hall–Kier alpha value is -3.24. The zero-order valence-corrected chi connectivity index (χ0v) is 23.8. The van der Waals surface area contributed by atoms with Crippen LogP contribution in [0.2, 0.25) is 0 Å². The SMILES string of the molecule is CCc1cc(F)c(CCC2CCc3c(F)c(C4CCC(c5cc(F)c(OC(F)(F)F)c(F)c5)CC4)c(F)c(F)c3C2)c(F)c1. The molecule has 1 atom stereocenters. The van der Waals surface area contributed by atoms with Crippen molar-refractivity contribution in [2.75, 3.05) is 0 Å². The molecule has 3 aromatic rings. The molecule has 238 valence electrons. The molecule has 0 spiro atoms. The van der Waals surface area contributed by atoms with Gasteiger partial charge in [0.15, 0.2) is 23.3 Å². The monoisotopic (exact) mass is 632 g/mol. The maximum atomic E-state index is 15.7. The second-order valence-electron chi connectivity index (χ2n) is 11.8. The Morgan fingerprint density at radius 1 is 0.705 bits per heavy atom. The minimum atomic E-state index is -5.28. The average Bonchev–Trinajstić information content (AvgIpc) is 2.97. The fourth-order valence-corrected chi connectivity index (χ4v) is 6.78. The molecule has 0 amide bonds. The van der Waals surface area contributed by atoms with Crippen LogP contribution in [0, 0.1) is 46.6 Å². The van der Waals surface area contributed by atoms with Crippen molar-refractivity contribution in [1.82, 2.24) is 0 Å². The first-order valence-corrected chi connectivity index (χ1v) is 14.7. The van der Waals surface area contributed by atoms with Gasteiger partial charge in [0.25, 0.3) is 0 Å². The first-order valence-electron chi connectivity index (χ1n) is 14.7. The topological polar surface area (TPSA) is 9.23 Å². The van der Waals surface area contributed by atoms with E-state index in [-0.39, 0.29) is 78.7 Å². The van der Waals surface area contributed by atoms with Crippen LogP contribution >= 0.6 is 0 Å². The van der Waals surface area contributed by atoms with Crippen LogP contribution in [0.15, 0.2) is 24.3 Å². The molecule has 0 bridgehead atoms. The Bertz CT molecular complexity index is 1490. The summed E-state index contributed by atoms with van der Waals surface area (Å²) in [4.78, 5) is 0. The van der Waals surface area contributed by atoms with Crippen LogP contribution in [0.3, 0.4) is 0 Å². The van der Waals surface area contributed by atoms with Crippen LogP contribution in [-0.4, -0.2) is 6.36 Å². The zero-order valence-electron chi connectivity index (χ0n) is 23.8. The summed E-state index contributed by atoms with van der Waals surface area (Å²) in [6, 6.07) is 4.09. The summed E-state index contributed by atoms with van der Waals surface area (Å²) < 4.78 is 145. The van der Waals surface area contributed by atoms with Gasteiger partial charge >= 0.3 is 6.36 Å². The van der Waals surface area contributed by atoms with Crippen LogP contribution in [0.4, 0.5) is 43.9 Å². The van der Waals surface area contributed by atoms with E-state index in [2.05, 4.69) is 4.74 Å². The third kappa shape index (κ3) is 6.56. The Kier molecular flexibility index (Phi) is 9.23. The molecule has 44 heavy (non-hydrogen) atoms. The maximum Gasteiger partial charge on any atom is 0.573 e. The lowest BCUT2D eigenvalue weighted by molar-refractivity contribution is -0.276. The van der Waals surface area contributed by atoms with E-state index < -0.39 is 64.7 Å². The Balaban J connectivity index is 1.28. The molecule has 0 aromatic heterocycles. The van der Waals surface area contributed by atoms with E-state index in [1.807, 2.05) is 0 Å². The van der Waals surface area contributed by atoms with Gasteiger partial charge in [-0.2, -0.15) is 0 Å². The van der Waals surface area contributed by atoms with Gasteiger partial charge in [-0.05, 0) is 128 Å². The van der Waals surface area contributed by atoms with Crippen LogP contribution < -0.4 is 4.74 Å². The van der Waals surface area contributed by atoms with Gasteiger partial charge in [0.05, 0.1) is 0 Å². The number of ether oxygens (including phenoxy) is 1. The number of halogens is 10.